The molecule has 1 aromatic carbocycles. The number of nitrogens with zero attached hydrogens (tertiary/aromatic N) is 1. The highest BCUT2D eigenvalue weighted by Crippen LogP contribution is 2.28. The van der Waals surface area contributed by atoms with Gasteiger partial charge in [-0.05, 0) is 31.0 Å². The van der Waals surface area contributed by atoms with Crippen LogP contribution in [0.4, 0.5) is 0 Å². The van der Waals surface area contributed by atoms with Crippen molar-refractivity contribution in [2.45, 2.75) is 32.6 Å². The second kappa shape index (κ2) is 8.27. The second-order valence-corrected chi connectivity index (χ2v) is 5.21. The van der Waals surface area contributed by atoms with E-state index in [1.54, 1.807) is 24.4 Å². The van der Waals surface area contributed by atoms with Crippen LogP contribution in [0.1, 0.15) is 43.0 Å². The zero-order valence-electron chi connectivity index (χ0n) is 13.5. The summed E-state index contributed by atoms with van der Waals surface area (Å²) in [5.41, 5.74) is 1.31. The molecule has 0 aliphatic heterocycles. The van der Waals surface area contributed by atoms with Gasteiger partial charge in [0, 0.05) is 30.0 Å². The topological polar surface area (TPSA) is 65.5 Å². The fourth-order valence-electron chi connectivity index (χ4n) is 2.35. The van der Waals surface area contributed by atoms with Gasteiger partial charge in [-0.3, -0.25) is 14.6 Å². The Balaban J connectivity index is 2.20. The minimum Gasteiger partial charge on any atom is -0.491 e. The summed E-state index contributed by atoms with van der Waals surface area (Å²) in [6, 6.07) is 7.24. The van der Waals surface area contributed by atoms with Gasteiger partial charge in [0.25, 0.3) is 0 Å². The molecule has 0 fully saturated rings. The maximum Gasteiger partial charge on any atom is 0.305 e. The van der Waals surface area contributed by atoms with Crippen molar-refractivity contribution in [2.24, 2.45) is 0 Å². The van der Waals surface area contributed by atoms with Crippen molar-refractivity contribution in [3.8, 4) is 5.75 Å². The minimum atomic E-state index is -0.298. The summed E-state index contributed by atoms with van der Waals surface area (Å²) in [5.74, 6) is 0.384. The highest BCUT2D eigenvalue weighted by atomic mass is 16.5. The fourth-order valence-corrected chi connectivity index (χ4v) is 2.35. The van der Waals surface area contributed by atoms with Crippen molar-refractivity contribution in [3.05, 3.63) is 36.0 Å². The van der Waals surface area contributed by atoms with Gasteiger partial charge < -0.3 is 9.47 Å². The highest BCUT2D eigenvalue weighted by molar-refractivity contribution is 6.08. The van der Waals surface area contributed by atoms with Gasteiger partial charge in [0.1, 0.15) is 11.3 Å². The van der Waals surface area contributed by atoms with Crippen LogP contribution < -0.4 is 4.74 Å². The molecule has 0 unspecified atom stereocenters. The monoisotopic (exact) mass is 315 g/mol. The summed E-state index contributed by atoms with van der Waals surface area (Å²) in [6.45, 7) is 2.65. The molecule has 0 radical (unpaired) electrons. The Morgan fingerprint density at radius 2 is 2.00 bits per heavy atom. The Bertz CT molecular complexity index is 696. The van der Waals surface area contributed by atoms with Gasteiger partial charge in [-0.15, -0.1) is 0 Å². The van der Waals surface area contributed by atoms with Crippen LogP contribution in [0.3, 0.4) is 0 Å². The smallest absolute Gasteiger partial charge is 0.305 e. The number of hydrogen-bond donors (Lipinski definition) is 0. The Hall–Kier alpha value is -2.43. The number of ketones is 1. The lowest BCUT2D eigenvalue weighted by Crippen LogP contribution is -2.05. The Kier molecular flexibility index (Phi) is 6.09. The molecule has 0 saturated heterocycles. The molecule has 0 bridgehead atoms. The van der Waals surface area contributed by atoms with Gasteiger partial charge in [0.15, 0.2) is 5.78 Å². The Morgan fingerprint density at radius 3 is 2.74 bits per heavy atom. The zero-order chi connectivity index (χ0) is 16.7. The van der Waals surface area contributed by atoms with Crippen molar-refractivity contribution >= 4 is 22.7 Å². The first-order valence-corrected chi connectivity index (χ1v) is 7.78. The summed E-state index contributed by atoms with van der Waals surface area (Å²) in [7, 11) is 1.35. The predicted molar refractivity (Wildman–Crippen MR) is 87.7 cm³/mol. The van der Waals surface area contributed by atoms with Crippen molar-refractivity contribution in [1.82, 2.24) is 4.98 Å². The molecular formula is C18H21NO4. The van der Waals surface area contributed by atoms with E-state index in [1.165, 1.54) is 7.11 Å². The maximum absolute atomic E-state index is 12.4. The predicted octanol–water partition coefficient (Wildman–Crippen LogP) is 3.55. The van der Waals surface area contributed by atoms with Crippen LogP contribution in [0, 0.1) is 0 Å². The molecule has 5 heteroatoms. The van der Waals surface area contributed by atoms with E-state index >= 15 is 0 Å². The van der Waals surface area contributed by atoms with Crippen molar-refractivity contribution in [2.75, 3.05) is 13.7 Å². The third-order valence-corrected chi connectivity index (χ3v) is 3.51. The summed E-state index contributed by atoms with van der Waals surface area (Å²) in [5, 5.41) is 0.782. The number of ether oxygens (including phenoxy) is 2. The quantitative estimate of drug-likeness (QED) is 0.550. The van der Waals surface area contributed by atoms with Crippen molar-refractivity contribution in [3.63, 3.8) is 0 Å². The largest absolute Gasteiger partial charge is 0.491 e. The maximum atomic E-state index is 12.4. The number of pyridine rings is 1. The number of rotatable bonds is 8. The molecule has 0 N–H and O–H groups in total. The molecule has 2 aromatic rings. The van der Waals surface area contributed by atoms with Crippen LogP contribution in [0.15, 0.2) is 30.5 Å². The Morgan fingerprint density at radius 1 is 1.17 bits per heavy atom. The van der Waals surface area contributed by atoms with E-state index in [0.717, 1.165) is 11.8 Å². The summed E-state index contributed by atoms with van der Waals surface area (Å²) in [6.07, 6.45) is 3.61. The van der Waals surface area contributed by atoms with Crippen LogP contribution in [0.5, 0.6) is 5.75 Å². The Labute approximate surface area is 135 Å². The molecule has 1 heterocycles. The first kappa shape index (κ1) is 16.9. The minimum absolute atomic E-state index is 0.00561. The first-order chi connectivity index (χ1) is 11.2. The average molecular weight is 315 g/mol. The van der Waals surface area contributed by atoms with Crippen molar-refractivity contribution in [1.29, 1.82) is 0 Å². The molecule has 0 atom stereocenters. The third kappa shape index (κ3) is 4.28. The SMILES string of the molecule is CCCOc1ccc(C(=O)CCCC(=O)OC)c2cccnc12. The van der Waals surface area contributed by atoms with E-state index in [4.69, 9.17) is 4.74 Å². The average Bonchev–Trinajstić information content (AvgIpc) is 2.59. The molecule has 2 rings (SSSR count). The van der Waals surface area contributed by atoms with Crippen LogP contribution >= 0.6 is 0 Å². The lowest BCUT2D eigenvalue weighted by molar-refractivity contribution is -0.140. The number of carbonyl (C=O) groups excluding carboxylic acids is 2. The molecular weight excluding hydrogens is 294 g/mol. The molecule has 0 amide bonds. The summed E-state index contributed by atoms with van der Waals surface area (Å²) in [4.78, 5) is 27.9. The molecule has 5 nitrogen and oxygen atoms in total. The van der Waals surface area contributed by atoms with E-state index in [1.807, 2.05) is 13.0 Å². The standard InChI is InChI=1S/C18H21NO4/c1-3-12-23-16-10-9-13(14-6-5-11-19-18(14)16)15(20)7-4-8-17(21)22-2/h5-6,9-11H,3-4,7-8,12H2,1-2H3. The number of benzene rings is 1. The van der Waals surface area contributed by atoms with Gasteiger partial charge in [0.05, 0.1) is 13.7 Å². The number of esters is 1. The normalized spacial score (nSPS) is 10.5. The lowest BCUT2D eigenvalue weighted by Gasteiger charge is -2.10. The van der Waals surface area contributed by atoms with Gasteiger partial charge in [0.2, 0.25) is 0 Å². The van der Waals surface area contributed by atoms with E-state index in [0.29, 0.717) is 36.3 Å². The van der Waals surface area contributed by atoms with Gasteiger partial charge >= 0.3 is 5.97 Å². The number of carbonyl (C=O) groups is 2. The van der Waals surface area contributed by atoms with Crippen LogP contribution in [0.2, 0.25) is 0 Å². The number of hydrogen-bond acceptors (Lipinski definition) is 5. The molecule has 0 spiro atoms. The summed E-state index contributed by atoms with van der Waals surface area (Å²) >= 11 is 0. The number of fused-ring (bicyclic) bond motifs is 1. The van der Waals surface area contributed by atoms with Crippen LogP contribution in [0.25, 0.3) is 10.9 Å². The lowest BCUT2D eigenvalue weighted by atomic mass is 10.0. The zero-order valence-corrected chi connectivity index (χ0v) is 13.5. The molecule has 0 aliphatic rings. The second-order valence-electron chi connectivity index (χ2n) is 5.21. The first-order valence-electron chi connectivity index (χ1n) is 7.78. The van der Waals surface area contributed by atoms with E-state index in [-0.39, 0.29) is 18.2 Å². The van der Waals surface area contributed by atoms with Crippen LogP contribution in [-0.4, -0.2) is 30.5 Å². The third-order valence-electron chi connectivity index (χ3n) is 3.51. The fraction of sp³-hybridized carbons (Fsp3) is 0.389. The van der Waals surface area contributed by atoms with Gasteiger partial charge in [-0.25, -0.2) is 0 Å². The molecule has 0 aliphatic carbocycles. The van der Waals surface area contributed by atoms with Gasteiger partial charge in [-0.2, -0.15) is 0 Å². The molecule has 122 valence electrons. The molecule has 23 heavy (non-hydrogen) atoms. The highest BCUT2D eigenvalue weighted by Gasteiger charge is 2.14. The van der Waals surface area contributed by atoms with E-state index in [2.05, 4.69) is 9.72 Å². The van der Waals surface area contributed by atoms with E-state index < -0.39 is 0 Å². The number of aromatic nitrogens is 1. The van der Waals surface area contributed by atoms with E-state index in [9.17, 15) is 9.59 Å². The van der Waals surface area contributed by atoms with Crippen LogP contribution in [-0.2, 0) is 9.53 Å². The summed E-state index contributed by atoms with van der Waals surface area (Å²) < 4.78 is 10.3. The van der Waals surface area contributed by atoms with Crippen molar-refractivity contribution < 1.29 is 19.1 Å². The van der Waals surface area contributed by atoms with Gasteiger partial charge in [-0.1, -0.05) is 13.0 Å². The molecule has 1 aromatic heterocycles. The molecule has 0 saturated carbocycles. The number of Topliss-reactive ketones (excluding diaryl/α,β-unsaturated/α-hetero) is 1. The number of methoxy groups -OCH3 is 1.